The molecular weight excluding hydrogens is 244 g/mol. The lowest BCUT2D eigenvalue weighted by molar-refractivity contribution is 0.112. The highest BCUT2D eigenvalue weighted by Gasteiger charge is 2.12. The van der Waals surface area contributed by atoms with Crippen molar-refractivity contribution in [2.45, 2.75) is 24.6 Å². The van der Waals surface area contributed by atoms with Crippen LogP contribution in [0.15, 0.2) is 29.3 Å². The molecule has 1 aromatic carbocycles. The first-order valence-electron chi connectivity index (χ1n) is 5.79. The maximum Gasteiger partial charge on any atom is 0.154 e. The zero-order valence-corrected chi connectivity index (χ0v) is 11.6. The number of nitrogens with zero attached hydrogens (tertiary/aromatic N) is 2. The van der Waals surface area contributed by atoms with Gasteiger partial charge in [0.1, 0.15) is 5.03 Å². The zero-order chi connectivity index (χ0) is 13.1. The van der Waals surface area contributed by atoms with Crippen LogP contribution in [0.3, 0.4) is 0 Å². The lowest BCUT2D eigenvalue weighted by atomic mass is 10.2. The number of rotatable bonds is 4. The second kappa shape index (κ2) is 5.40. The van der Waals surface area contributed by atoms with Crippen LogP contribution in [0, 0.1) is 13.8 Å². The van der Waals surface area contributed by atoms with Crippen molar-refractivity contribution in [1.29, 1.82) is 0 Å². The van der Waals surface area contributed by atoms with Crippen molar-refractivity contribution in [3.05, 3.63) is 46.6 Å². The highest BCUT2D eigenvalue weighted by molar-refractivity contribution is 7.98. The van der Waals surface area contributed by atoms with Gasteiger partial charge < -0.3 is 0 Å². The quantitative estimate of drug-likeness (QED) is 0.625. The van der Waals surface area contributed by atoms with Gasteiger partial charge in [-0.05, 0) is 19.4 Å². The maximum absolute atomic E-state index is 11.1. The Kier molecular flexibility index (Phi) is 3.87. The Morgan fingerprint density at radius 2 is 2.17 bits per heavy atom. The molecule has 94 valence electrons. The molecule has 0 N–H and O–H groups in total. The van der Waals surface area contributed by atoms with E-state index in [0.29, 0.717) is 5.56 Å². The number of benzene rings is 1. The van der Waals surface area contributed by atoms with Gasteiger partial charge in [0.15, 0.2) is 6.29 Å². The molecule has 1 aromatic heterocycles. The van der Waals surface area contributed by atoms with E-state index in [4.69, 9.17) is 0 Å². The highest BCUT2D eigenvalue weighted by atomic mass is 32.2. The summed E-state index contributed by atoms with van der Waals surface area (Å²) in [5.74, 6) is 0.849. The molecule has 0 spiro atoms. The summed E-state index contributed by atoms with van der Waals surface area (Å²) in [5.41, 5.74) is 4.01. The molecule has 18 heavy (non-hydrogen) atoms. The number of aryl methyl sites for hydroxylation is 3. The summed E-state index contributed by atoms with van der Waals surface area (Å²) < 4.78 is 1.78. The SMILES string of the molecule is Cc1cccc(CSc2c(C=O)c(C)nn2C)c1. The number of aromatic nitrogens is 2. The van der Waals surface area contributed by atoms with Crippen molar-refractivity contribution < 1.29 is 4.79 Å². The summed E-state index contributed by atoms with van der Waals surface area (Å²) in [4.78, 5) is 11.1. The molecule has 0 bridgehead atoms. The highest BCUT2D eigenvalue weighted by Crippen LogP contribution is 2.26. The molecule has 3 nitrogen and oxygen atoms in total. The first kappa shape index (κ1) is 12.9. The van der Waals surface area contributed by atoms with Gasteiger partial charge in [0, 0.05) is 12.8 Å². The van der Waals surface area contributed by atoms with Gasteiger partial charge in [-0.3, -0.25) is 9.48 Å². The number of hydrogen-bond donors (Lipinski definition) is 0. The van der Waals surface area contributed by atoms with Gasteiger partial charge in [-0.25, -0.2) is 0 Å². The first-order valence-corrected chi connectivity index (χ1v) is 6.77. The summed E-state index contributed by atoms with van der Waals surface area (Å²) >= 11 is 1.65. The third-order valence-electron chi connectivity index (χ3n) is 2.79. The third-order valence-corrected chi connectivity index (χ3v) is 4.03. The van der Waals surface area contributed by atoms with E-state index in [-0.39, 0.29) is 0 Å². The van der Waals surface area contributed by atoms with Crippen LogP contribution in [-0.4, -0.2) is 16.1 Å². The lowest BCUT2D eigenvalue weighted by Gasteiger charge is -2.04. The van der Waals surface area contributed by atoms with E-state index >= 15 is 0 Å². The number of carbonyl (C=O) groups excluding carboxylic acids is 1. The number of hydrogen-bond acceptors (Lipinski definition) is 3. The minimum atomic E-state index is 0.704. The van der Waals surface area contributed by atoms with Crippen molar-refractivity contribution in [2.75, 3.05) is 0 Å². The van der Waals surface area contributed by atoms with Gasteiger partial charge in [-0.15, -0.1) is 11.8 Å². The Morgan fingerprint density at radius 1 is 1.39 bits per heavy atom. The fourth-order valence-electron chi connectivity index (χ4n) is 1.91. The molecule has 2 rings (SSSR count). The minimum Gasteiger partial charge on any atom is -0.298 e. The second-order valence-electron chi connectivity index (χ2n) is 4.32. The summed E-state index contributed by atoms with van der Waals surface area (Å²) in [6, 6.07) is 8.40. The average Bonchev–Trinajstić information content (AvgIpc) is 2.60. The van der Waals surface area contributed by atoms with Crippen LogP contribution in [0.2, 0.25) is 0 Å². The van der Waals surface area contributed by atoms with Crippen LogP contribution in [-0.2, 0) is 12.8 Å². The Bertz CT molecular complexity index is 575. The first-order chi connectivity index (χ1) is 8.61. The molecule has 2 aromatic rings. The van der Waals surface area contributed by atoms with Crippen LogP contribution in [0.1, 0.15) is 27.2 Å². The van der Waals surface area contributed by atoms with E-state index < -0.39 is 0 Å². The molecule has 0 aliphatic rings. The van der Waals surface area contributed by atoms with E-state index in [0.717, 1.165) is 22.8 Å². The van der Waals surface area contributed by atoms with Crippen molar-refractivity contribution in [1.82, 2.24) is 9.78 Å². The minimum absolute atomic E-state index is 0.704. The summed E-state index contributed by atoms with van der Waals surface area (Å²) in [5, 5.41) is 5.21. The van der Waals surface area contributed by atoms with Gasteiger partial charge in [-0.2, -0.15) is 5.10 Å². The molecule has 1 heterocycles. The molecule has 0 unspecified atom stereocenters. The lowest BCUT2D eigenvalue weighted by Crippen LogP contribution is -1.94. The third kappa shape index (κ3) is 2.64. The Balaban J connectivity index is 2.18. The summed E-state index contributed by atoms with van der Waals surface area (Å²) in [7, 11) is 1.87. The number of carbonyl (C=O) groups is 1. The van der Waals surface area contributed by atoms with E-state index in [1.54, 1.807) is 16.4 Å². The smallest absolute Gasteiger partial charge is 0.154 e. The number of thioether (sulfide) groups is 1. The van der Waals surface area contributed by atoms with Gasteiger partial charge in [-0.1, -0.05) is 29.8 Å². The Hall–Kier alpha value is -1.55. The van der Waals surface area contributed by atoms with Crippen LogP contribution >= 0.6 is 11.8 Å². The average molecular weight is 260 g/mol. The maximum atomic E-state index is 11.1. The zero-order valence-electron chi connectivity index (χ0n) is 10.8. The van der Waals surface area contributed by atoms with Crippen molar-refractivity contribution in [2.24, 2.45) is 7.05 Å². The Labute approximate surface area is 111 Å². The van der Waals surface area contributed by atoms with E-state index in [1.165, 1.54) is 11.1 Å². The molecule has 0 aliphatic carbocycles. The fourth-order valence-corrected chi connectivity index (χ4v) is 2.98. The fraction of sp³-hybridized carbons (Fsp3) is 0.286. The van der Waals surface area contributed by atoms with Gasteiger partial charge in [0.25, 0.3) is 0 Å². The standard InChI is InChI=1S/C14H16N2OS/c1-10-5-4-6-12(7-10)9-18-14-13(8-17)11(2)15-16(14)3/h4-8H,9H2,1-3H3. The second-order valence-corrected chi connectivity index (χ2v) is 5.29. The summed E-state index contributed by atoms with van der Waals surface area (Å²) in [6.45, 7) is 3.94. The molecule has 0 saturated heterocycles. The van der Waals surface area contributed by atoms with Gasteiger partial charge in [0.2, 0.25) is 0 Å². The predicted octanol–water partition coefficient (Wildman–Crippen LogP) is 3.14. The monoisotopic (exact) mass is 260 g/mol. The topological polar surface area (TPSA) is 34.9 Å². The molecule has 0 amide bonds. The molecule has 0 atom stereocenters. The van der Waals surface area contributed by atoms with Crippen molar-refractivity contribution in [3.63, 3.8) is 0 Å². The van der Waals surface area contributed by atoms with Gasteiger partial charge >= 0.3 is 0 Å². The molecule has 0 saturated carbocycles. The van der Waals surface area contributed by atoms with E-state index in [2.05, 4.69) is 36.3 Å². The predicted molar refractivity (Wildman–Crippen MR) is 74.1 cm³/mol. The molecule has 4 heteroatoms. The molecule has 0 radical (unpaired) electrons. The van der Waals surface area contributed by atoms with Crippen LogP contribution < -0.4 is 0 Å². The molecular formula is C14H16N2OS. The van der Waals surface area contributed by atoms with E-state index in [1.807, 2.05) is 14.0 Å². The summed E-state index contributed by atoms with van der Waals surface area (Å²) in [6.07, 6.45) is 0.890. The molecule has 0 fully saturated rings. The molecule has 0 aliphatic heterocycles. The van der Waals surface area contributed by atoms with E-state index in [9.17, 15) is 4.79 Å². The normalized spacial score (nSPS) is 10.6. The van der Waals surface area contributed by atoms with Crippen LogP contribution in [0.5, 0.6) is 0 Å². The largest absolute Gasteiger partial charge is 0.298 e. The van der Waals surface area contributed by atoms with Crippen LogP contribution in [0.4, 0.5) is 0 Å². The van der Waals surface area contributed by atoms with Crippen molar-refractivity contribution >= 4 is 18.0 Å². The van der Waals surface area contributed by atoms with Gasteiger partial charge in [0.05, 0.1) is 11.3 Å². The Morgan fingerprint density at radius 3 is 2.83 bits per heavy atom. The van der Waals surface area contributed by atoms with Crippen LogP contribution in [0.25, 0.3) is 0 Å². The number of aldehydes is 1. The van der Waals surface area contributed by atoms with Crippen molar-refractivity contribution in [3.8, 4) is 0 Å².